The quantitative estimate of drug-likeness (QED) is 0.626. The first-order chi connectivity index (χ1) is 12.4. The van der Waals surface area contributed by atoms with Crippen LogP contribution in [-0.4, -0.2) is 31.5 Å². The second kappa shape index (κ2) is 8.61. The molecule has 0 aliphatic heterocycles. The third-order valence-corrected chi connectivity index (χ3v) is 3.41. The first kappa shape index (κ1) is 18.9. The molecule has 0 unspecified atom stereocenters. The van der Waals surface area contributed by atoms with Crippen LogP contribution in [0.1, 0.15) is 26.3 Å². The van der Waals surface area contributed by atoms with Crippen LogP contribution in [0.5, 0.6) is 5.75 Å². The highest BCUT2D eigenvalue weighted by Gasteiger charge is 2.14. The Morgan fingerprint density at radius 3 is 2.50 bits per heavy atom. The number of amides is 2. The van der Waals surface area contributed by atoms with Crippen molar-refractivity contribution in [3.8, 4) is 5.75 Å². The Labute approximate surface area is 149 Å². The second-order valence-electron chi connectivity index (χ2n) is 5.24. The van der Waals surface area contributed by atoms with Gasteiger partial charge in [-0.15, -0.1) is 0 Å². The molecule has 0 heterocycles. The summed E-state index contributed by atoms with van der Waals surface area (Å²) in [5.41, 5.74) is 4.92. The summed E-state index contributed by atoms with van der Waals surface area (Å²) in [5.74, 6) is -2.54. The third kappa shape index (κ3) is 4.79. The van der Waals surface area contributed by atoms with Crippen LogP contribution in [0, 0.1) is 12.7 Å². The maximum atomic E-state index is 13.4. The molecule has 2 rings (SSSR count). The molecule has 0 fully saturated rings. The van der Waals surface area contributed by atoms with Crippen LogP contribution in [0.4, 0.5) is 4.39 Å². The fourth-order valence-corrected chi connectivity index (χ4v) is 2.04. The minimum absolute atomic E-state index is 0.218. The van der Waals surface area contributed by atoms with E-state index in [0.717, 1.165) is 11.6 Å². The van der Waals surface area contributed by atoms with Gasteiger partial charge in [0.15, 0.2) is 6.61 Å². The van der Waals surface area contributed by atoms with Gasteiger partial charge in [-0.2, -0.15) is 0 Å². The van der Waals surface area contributed by atoms with Crippen LogP contribution in [0.15, 0.2) is 42.5 Å². The highest BCUT2D eigenvalue weighted by atomic mass is 19.1. The minimum atomic E-state index is -0.828. The van der Waals surface area contributed by atoms with Crippen LogP contribution >= 0.6 is 0 Å². The van der Waals surface area contributed by atoms with E-state index >= 15 is 0 Å². The van der Waals surface area contributed by atoms with Crippen molar-refractivity contribution in [2.45, 2.75) is 6.92 Å². The average molecular weight is 360 g/mol. The SMILES string of the molecule is COc1cc(C(=O)OCC(=O)NNC(=O)c2ccccc2F)ccc1C. The van der Waals surface area contributed by atoms with Crippen molar-refractivity contribution in [3.05, 3.63) is 65.0 Å². The molecule has 0 saturated carbocycles. The van der Waals surface area contributed by atoms with E-state index in [9.17, 15) is 18.8 Å². The van der Waals surface area contributed by atoms with Gasteiger partial charge in [-0.1, -0.05) is 18.2 Å². The number of carbonyl (C=O) groups excluding carboxylic acids is 3. The number of rotatable bonds is 5. The molecule has 0 aromatic heterocycles. The Kier molecular flexibility index (Phi) is 6.26. The van der Waals surface area contributed by atoms with Crippen LogP contribution in [0.3, 0.4) is 0 Å². The van der Waals surface area contributed by atoms with E-state index in [0.29, 0.717) is 5.75 Å². The van der Waals surface area contributed by atoms with E-state index in [2.05, 4.69) is 0 Å². The summed E-state index contributed by atoms with van der Waals surface area (Å²) < 4.78 is 23.4. The number of benzene rings is 2. The van der Waals surface area contributed by atoms with Crippen LogP contribution in [-0.2, 0) is 9.53 Å². The van der Waals surface area contributed by atoms with E-state index in [-0.39, 0.29) is 11.1 Å². The van der Waals surface area contributed by atoms with Crippen molar-refractivity contribution in [1.82, 2.24) is 10.9 Å². The Hall–Kier alpha value is -3.42. The average Bonchev–Trinajstić information content (AvgIpc) is 2.64. The fraction of sp³-hybridized carbons (Fsp3) is 0.167. The van der Waals surface area contributed by atoms with Crippen molar-refractivity contribution in [3.63, 3.8) is 0 Å². The standard InChI is InChI=1S/C18H17FN2O5/c1-11-7-8-12(9-15(11)25-2)18(24)26-10-16(22)20-21-17(23)13-5-3-4-6-14(13)19/h3-9H,10H2,1-2H3,(H,20,22)(H,21,23). The summed E-state index contributed by atoms with van der Waals surface area (Å²) in [5, 5.41) is 0. The molecular weight excluding hydrogens is 343 g/mol. The maximum absolute atomic E-state index is 13.4. The molecule has 2 amide bonds. The summed E-state index contributed by atoms with van der Waals surface area (Å²) in [7, 11) is 1.48. The molecule has 0 radical (unpaired) electrons. The number of hydrazine groups is 1. The van der Waals surface area contributed by atoms with Crippen LogP contribution in [0.25, 0.3) is 0 Å². The summed E-state index contributed by atoms with van der Waals surface area (Å²) in [6, 6.07) is 10.0. The summed E-state index contributed by atoms with van der Waals surface area (Å²) in [4.78, 5) is 35.3. The minimum Gasteiger partial charge on any atom is -0.496 e. The zero-order valence-electron chi connectivity index (χ0n) is 14.2. The Bertz CT molecular complexity index is 838. The number of ether oxygens (including phenoxy) is 2. The highest BCUT2D eigenvalue weighted by molar-refractivity contribution is 5.96. The molecule has 0 spiro atoms. The largest absolute Gasteiger partial charge is 0.496 e. The van der Waals surface area contributed by atoms with Gasteiger partial charge in [0.1, 0.15) is 11.6 Å². The lowest BCUT2D eigenvalue weighted by atomic mass is 10.1. The van der Waals surface area contributed by atoms with Crippen molar-refractivity contribution >= 4 is 17.8 Å². The van der Waals surface area contributed by atoms with Gasteiger partial charge in [0.05, 0.1) is 18.2 Å². The molecule has 26 heavy (non-hydrogen) atoms. The van der Waals surface area contributed by atoms with Gasteiger partial charge in [-0.25, -0.2) is 9.18 Å². The number of methoxy groups -OCH3 is 1. The predicted molar refractivity (Wildman–Crippen MR) is 90.0 cm³/mol. The molecule has 7 nitrogen and oxygen atoms in total. The second-order valence-corrected chi connectivity index (χ2v) is 5.24. The molecule has 0 saturated heterocycles. The molecule has 136 valence electrons. The summed E-state index contributed by atoms with van der Waals surface area (Å²) in [6.07, 6.45) is 0. The zero-order chi connectivity index (χ0) is 19.1. The fourth-order valence-electron chi connectivity index (χ4n) is 2.04. The molecule has 2 N–H and O–H groups in total. The van der Waals surface area contributed by atoms with Gasteiger partial charge in [0.25, 0.3) is 11.8 Å². The highest BCUT2D eigenvalue weighted by Crippen LogP contribution is 2.19. The number of aryl methyl sites for hydroxylation is 1. The Morgan fingerprint density at radius 2 is 1.81 bits per heavy atom. The summed E-state index contributed by atoms with van der Waals surface area (Å²) in [6.45, 7) is 1.20. The van der Waals surface area contributed by atoms with Crippen molar-refractivity contribution in [1.29, 1.82) is 0 Å². The molecule has 0 aliphatic rings. The number of hydrogen-bond acceptors (Lipinski definition) is 5. The molecule has 8 heteroatoms. The van der Waals surface area contributed by atoms with E-state index in [4.69, 9.17) is 9.47 Å². The first-order valence-electron chi connectivity index (χ1n) is 7.58. The van der Waals surface area contributed by atoms with E-state index in [1.165, 1.54) is 37.4 Å². The Morgan fingerprint density at radius 1 is 1.08 bits per heavy atom. The predicted octanol–water partition coefficient (Wildman–Crippen LogP) is 1.76. The van der Waals surface area contributed by atoms with Gasteiger partial charge in [-0.05, 0) is 36.8 Å². The Balaban J connectivity index is 1.84. The van der Waals surface area contributed by atoms with Gasteiger partial charge < -0.3 is 9.47 Å². The van der Waals surface area contributed by atoms with Crippen molar-refractivity contribution in [2.75, 3.05) is 13.7 Å². The third-order valence-electron chi connectivity index (χ3n) is 3.41. The van der Waals surface area contributed by atoms with Crippen molar-refractivity contribution in [2.24, 2.45) is 0 Å². The number of nitrogens with one attached hydrogen (secondary N) is 2. The van der Waals surface area contributed by atoms with Crippen LogP contribution < -0.4 is 15.6 Å². The molecule has 0 atom stereocenters. The van der Waals surface area contributed by atoms with Gasteiger partial charge in [0.2, 0.25) is 0 Å². The monoisotopic (exact) mass is 360 g/mol. The summed E-state index contributed by atoms with van der Waals surface area (Å²) >= 11 is 0. The lowest BCUT2D eigenvalue weighted by molar-refractivity contribution is -0.125. The lowest BCUT2D eigenvalue weighted by Gasteiger charge is -2.09. The van der Waals surface area contributed by atoms with E-state index in [1.807, 2.05) is 17.8 Å². The van der Waals surface area contributed by atoms with Crippen LogP contribution in [0.2, 0.25) is 0 Å². The normalized spacial score (nSPS) is 9.96. The van der Waals surface area contributed by atoms with E-state index in [1.54, 1.807) is 6.07 Å². The maximum Gasteiger partial charge on any atom is 0.338 e. The number of hydrogen-bond donors (Lipinski definition) is 2. The van der Waals surface area contributed by atoms with Gasteiger partial charge in [-0.3, -0.25) is 20.4 Å². The molecule has 2 aromatic rings. The molecule has 0 aliphatic carbocycles. The molecule has 2 aromatic carbocycles. The van der Waals surface area contributed by atoms with Crippen molar-refractivity contribution < 1.29 is 28.2 Å². The number of esters is 1. The number of carbonyl (C=O) groups is 3. The van der Waals surface area contributed by atoms with Gasteiger partial charge >= 0.3 is 5.97 Å². The lowest BCUT2D eigenvalue weighted by Crippen LogP contribution is -2.43. The molecule has 0 bridgehead atoms. The van der Waals surface area contributed by atoms with Gasteiger partial charge in [0, 0.05) is 0 Å². The number of halogens is 1. The first-order valence-corrected chi connectivity index (χ1v) is 7.58. The zero-order valence-corrected chi connectivity index (χ0v) is 14.2. The topological polar surface area (TPSA) is 93.7 Å². The molecular formula is C18H17FN2O5. The smallest absolute Gasteiger partial charge is 0.338 e. The van der Waals surface area contributed by atoms with E-state index < -0.39 is 30.2 Å².